The number of benzene rings is 1. The minimum absolute atomic E-state index is 0.286. The second kappa shape index (κ2) is 5.04. The summed E-state index contributed by atoms with van der Waals surface area (Å²) in [5.74, 6) is 2.02. The molecule has 1 unspecified atom stereocenters. The van der Waals surface area contributed by atoms with Gasteiger partial charge >= 0.3 is 0 Å². The van der Waals surface area contributed by atoms with Crippen molar-refractivity contribution < 1.29 is 9.84 Å². The second-order valence-electron chi connectivity index (χ2n) is 6.13. The molecule has 0 amide bonds. The molecule has 3 heteroatoms. The lowest BCUT2D eigenvalue weighted by atomic mass is 9.86. The van der Waals surface area contributed by atoms with Crippen molar-refractivity contribution in [3.8, 4) is 11.5 Å². The summed E-state index contributed by atoms with van der Waals surface area (Å²) in [6, 6.07) is 6.51. The van der Waals surface area contributed by atoms with E-state index in [1.165, 1.54) is 31.2 Å². The molecule has 1 aliphatic carbocycles. The Morgan fingerprint density at radius 1 is 1.21 bits per heavy atom. The lowest BCUT2D eigenvalue weighted by Gasteiger charge is -2.36. The average Bonchev–Trinajstić information content (AvgIpc) is 2.81. The molecule has 3 nitrogen and oxygen atoms in total. The molecule has 1 heterocycles. The van der Waals surface area contributed by atoms with Crippen molar-refractivity contribution in [2.24, 2.45) is 5.92 Å². The summed E-state index contributed by atoms with van der Waals surface area (Å²) in [4.78, 5) is 2.48. The van der Waals surface area contributed by atoms with Gasteiger partial charge < -0.3 is 9.84 Å². The van der Waals surface area contributed by atoms with Crippen LogP contribution in [0.15, 0.2) is 18.2 Å². The van der Waals surface area contributed by atoms with Gasteiger partial charge in [0, 0.05) is 17.7 Å². The molecule has 0 aromatic heterocycles. The number of ether oxygens (including phenoxy) is 1. The number of phenols is 1. The maximum atomic E-state index is 9.51. The van der Waals surface area contributed by atoms with Crippen LogP contribution in [0.5, 0.6) is 11.5 Å². The highest BCUT2D eigenvalue weighted by molar-refractivity contribution is 5.44. The van der Waals surface area contributed by atoms with Crippen LogP contribution in [-0.2, 0) is 0 Å². The molecule has 0 radical (unpaired) electrons. The summed E-state index contributed by atoms with van der Waals surface area (Å²) in [6.07, 6.45) is 5.26. The number of hydrogen-bond acceptors (Lipinski definition) is 3. The second-order valence-corrected chi connectivity index (χ2v) is 6.13. The zero-order valence-corrected chi connectivity index (χ0v) is 11.8. The van der Waals surface area contributed by atoms with Gasteiger partial charge in [-0.05, 0) is 50.8 Å². The third-order valence-corrected chi connectivity index (χ3v) is 4.81. The lowest BCUT2D eigenvalue weighted by molar-refractivity contribution is 0.107. The number of rotatable bonds is 2. The van der Waals surface area contributed by atoms with E-state index in [4.69, 9.17) is 4.74 Å². The number of likely N-dealkylation sites (N-methyl/N-ethyl adjacent to an activating group) is 1. The van der Waals surface area contributed by atoms with E-state index in [0.717, 1.165) is 11.7 Å². The first-order valence-corrected chi connectivity index (χ1v) is 7.33. The predicted molar refractivity (Wildman–Crippen MR) is 75.5 cm³/mol. The molecule has 1 aromatic rings. The standard InChI is InChI=1S/C16H23NO2/c1-11-3-5-12(6-4-11)17(2)15-10-19-16-9-13(18)7-8-14(15)16/h7-9,11-12,15,18H,3-6,10H2,1-2H3. The molecule has 1 N–H and O–H groups in total. The Hall–Kier alpha value is -1.22. The largest absolute Gasteiger partial charge is 0.508 e. The highest BCUT2D eigenvalue weighted by Crippen LogP contribution is 2.40. The van der Waals surface area contributed by atoms with Crippen molar-refractivity contribution in [2.75, 3.05) is 13.7 Å². The van der Waals surface area contributed by atoms with Crippen LogP contribution < -0.4 is 4.74 Å². The Bertz CT molecular complexity index is 452. The first kappa shape index (κ1) is 12.8. The van der Waals surface area contributed by atoms with Crippen molar-refractivity contribution >= 4 is 0 Å². The van der Waals surface area contributed by atoms with E-state index in [1.807, 2.05) is 6.07 Å². The summed E-state index contributed by atoms with van der Waals surface area (Å²) in [5, 5.41) is 9.51. The Morgan fingerprint density at radius 3 is 2.68 bits per heavy atom. The maximum absolute atomic E-state index is 9.51. The third kappa shape index (κ3) is 2.44. The van der Waals surface area contributed by atoms with E-state index < -0.39 is 0 Å². The number of fused-ring (bicyclic) bond motifs is 1. The van der Waals surface area contributed by atoms with Gasteiger partial charge in [-0.1, -0.05) is 6.92 Å². The molecule has 104 valence electrons. The van der Waals surface area contributed by atoms with Crippen LogP contribution in [0, 0.1) is 5.92 Å². The molecule has 1 aliphatic heterocycles. The molecule has 0 bridgehead atoms. The van der Waals surface area contributed by atoms with Gasteiger partial charge in [-0.2, -0.15) is 0 Å². The minimum atomic E-state index is 0.286. The quantitative estimate of drug-likeness (QED) is 0.886. The summed E-state index contributed by atoms with van der Waals surface area (Å²) in [5.41, 5.74) is 1.22. The van der Waals surface area contributed by atoms with Crippen molar-refractivity contribution in [1.29, 1.82) is 0 Å². The Kier molecular flexibility index (Phi) is 3.40. The van der Waals surface area contributed by atoms with Crippen LogP contribution >= 0.6 is 0 Å². The molecule has 1 aromatic carbocycles. The van der Waals surface area contributed by atoms with Crippen LogP contribution in [0.25, 0.3) is 0 Å². The first-order valence-electron chi connectivity index (χ1n) is 7.33. The molecule has 1 saturated carbocycles. The van der Waals surface area contributed by atoms with Crippen molar-refractivity contribution in [3.63, 3.8) is 0 Å². The fourth-order valence-corrected chi connectivity index (χ4v) is 3.42. The van der Waals surface area contributed by atoms with E-state index in [-0.39, 0.29) is 5.75 Å². The molecule has 19 heavy (non-hydrogen) atoms. The van der Waals surface area contributed by atoms with Gasteiger partial charge in [-0.3, -0.25) is 4.90 Å². The van der Waals surface area contributed by atoms with Gasteiger partial charge in [0.25, 0.3) is 0 Å². The van der Waals surface area contributed by atoms with E-state index in [1.54, 1.807) is 12.1 Å². The van der Waals surface area contributed by atoms with Crippen molar-refractivity contribution in [3.05, 3.63) is 23.8 Å². The fraction of sp³-hybridized carbons (Fsp3) is 0.625. The topological polar surface area (TPSA) is 32.7 Å². The van der Waals surface area contributed by atoms with Crippen molar-refractivity contribution in [1.82, 2.24) is 4.90 Å². The van der Waals surface area contributed by atoms with E-state index in [2.05, 4.69) is 18.9 Å². The van der Waals surface area contributed by atoms with Crippen LogP contribution in [0.4, 0.5) is 0 Å². The molecule has 1 atom stereocenters. The number of nitrogens with zero attached hydrogens (tertiary/aromatic N) is 1. The molecule has 0 saturated heterocycles. The number of aromatic hydroxyl groups is 1. The van der Waals surface area contributed by atoms with Crippen LogP contribution in [0.1, 0.15) is 44.2 Å². The summed E-state index contributed by atoms with van der Waals surface area (Å²) < 4.78 is 5.72. The minimum Gasteiger partial charge on any atom is -0.508 e. The fourth-order valence-electron chi connectivity index (χ4n) is 3.42. The summed E-state index contributed by atoms with van der Waals surface area (Å²) >= 11 is 0. The number of phenolic OH excluding ortho intramolecular Hbond substituents is 1. The molecule has 3 rings (SSSR count). The summed E-state index contributed by atoms with van der Waals surface area (Å²) in [7, 11) is 2.22. The van der Waals surface area contributed by atoms with E-state index >= 15 is 0 Å². The van der Waals surface area contributed by atoms with Gasteiger partial charge in [0.05, 0.1) is 6.04 Å². The van der Waals surface area contributed by atoms with Crippen LogP contribution in [-0.4, -0.2) is 29.7 Å². The molecule has 1 fully saturated rings. The monoisotopic (exact) mass is 261 g/mol. The Balaban J connectivity index is 1.74. The Morgan fingerprint density at radius 2 is 1.95 bits per heavy atom. The molecular weight excluding hydrogens is 238 g/mol. The number of hydrogen-bond donors (Lipinski definition) is 1. The van der Waals surface area contributed by atoms with Gasteiger partial charge in [-0.25, -0.2) is 0 Å². The van der Waals surface area contributed by atoms with Crippen LogP contribution in [0.2, 0.25) is 0 Å². The predicted octanol–water partition coefficient (Wildman–Crippen LogP) is 3.34. The SMILES string of the molecule is CC1CCC(N(C)C2COc3cc(O)ccc32)CC1. The normalized spacial score (nSPS) is 30.2. The zero-order chi connectivity index (χ0) is 13.4. The van der Waals surface area contributed by atoms with Gasteiger partial charge in [0.1, 0.15) is 18.1 Å². The molecule has 2 aliphatic rings. The zero-order valence-electron chi connectivity index (χ0n) is 11.8. The van der Waals surface area contributed by atoms with Gasteiger partial charge in [0.15, 0.2) is 0 Å². The third-order valence-electron chi connectivity index (χ3n) is 4.81. The average molecular weight is 261 g/mol. The molecule has 0 spiro atoms. The molecular formula is C16H23NO2. The first-order chi connectivity index (χ1) is 9.15. The smallest absolute Gasteiger partial charge is 0.127 e. The van der Waals surface area contributed by atoms with Crippen molar-refractivity contribution in [2.45, 2.75) is 44.7 Å². The van der Waals surface area contributed by atoms with Gasteiger partial charge in [-0.15, -0.1) is 0 Å². The van der Waals surface area contributed by atoms with Gasteiger partial charge in [0.2, 0.25) is 0 Å². The highest BCUT2D eigenvalue weighted by Gasteiger charge is 2.32. The summed E-state index contributed by atoms with van der Waals surface area (Å²) in [6.45, 7) is 3.06. The Labute approximate surface area is 115 Å². The lowest BCUT2D eigenvalue weighted by Crippen LogP contribution is -2.38. The van der Waals surface area contributed by atoms with E-state index in [0.29, 0.717) is 18.7 Å². The van der Waals surface area contributed by atoms with E-state index in [9.17, 15) is 5.11 Å². The van der Waals surface area contributed by atoms with Crippen LogP contribution in [0.3, 0.4) is 0 Å². The maximum Gasteiger partial charge on any atom is 0.127 e. The highest BCUT2D eigenvalue weighted by atomic mass is 16.5.